The van der Waals surface area contributed by atoms with E-state index in [0.717, 1.165) is 39.0 Å². The molecule has 0 radical (unpaired) electrons. The van der Waals surface area contributed by atoms with Crippen molar-refractivity contribution < 1.29 is 0 Å². The highest BCUT2D eigenvalue weighted by Gasteiger charge is 2.32. The van der Waals surface area contributed by atoms with Crippen molar-refractivity contribution >= 4 is 17.2 Å². The fourth-order valence-corrected chi connectivity index (χ4v) is 2.40. The highest BCUT2D eigenvalue weighted by atomic mass is 32.1. The normalized spacial score (nSPS) is 20.3. The summed E-state index contributed by atoms with van der Waals surface area (Å²) in [6.45, 7) is 6.34. The molecule has 0 aliphatic carbocycles. The highest BCUT2D eigenvalue weighted by molar-refractivity contribution is 7.80. The van der Waals surface area contributed by atoms with Crippen molar-refractivity contribution in [2.45, 2.75) is 26.3 Å². The molecule has 5 heteroatoms. The number of piperidine rings is 1. The van der Waals surface area contributed by atoms with Gasteiger partial charge in [0.25, 0.3) is 0 Å². The molecule has 0 aromatic carbocycles. The van der Waals surface area contributed by atoms with Crippen molar-refractivity contribution in [1.29, 1.82) is 0 Å². The van der Waals surface area contributed by atoms with Gasteiger partial charge in [0.05, 0.1) is 11.5 Å². The average Bonchev–Trinajstić information content (AvgIpc) is 2.81. The first-order valence-corrected chi connectivity index (χ1v) is 6.51. The number of thiocarbonyl (C=S) groups is 1. The van der Waals surface area contributed by atoms with Crippen LogP contribution in [0.5, 0.6) is 0 Å². The molecule has 2 N–H and O–H groups in total. The smallest absolute Gasteiger partial charge is 0.0788 e. The molecule has 4 nitrogen and oxygen atoms in total. The number of aromatic nitrogens is 2. The molecule has 0 unspecified atom stereocenters. The molecule has 0 spiro atoms. The lowest BCUT2D eigenvalue weighted by Gasteiger charge is -2.38. The summed E-state index contributed by atoms with van der Waals surface area (Å²) < 4.78 is 1.97. The lowest BCUT2D eigenvalue weighted by atomic mass is 9.80. The van der Waals surface area contributed by atoms with Gasteiger partial charge in [-0.2, -0.15) is 5.10 Å². The number of rotatable bonds is 4. The van der Waals surface area contributed by atoms with Crippen LogP contribution in [0.4, 0.5) is 0 Å². The minimum Gasteiger partial charge on any atom is -0.393 e. The molecule has 0 saturated carbocycles. The molecular weight excluding hydrogens is 232 g/mol. The summed E-state index contributed by atoms with van der Waals surface area (Å²) in [5.74, 6) is 0. The molecule has 0 amide bonds. The molecule has 2 rings (SSSR count). The van der Waals surface area contributed by atoms with Crippen molar-refractivity contribution in [3.05, 3.63) is 18.5 Å². The lowest BCUT2D eigenvalue weighted by molar-refractivity contribution is 0.158. The summed E-state index contributed by atoms with van der Waals surface area (Å²) in [7, 11) is 0. The molecule has 1 aliphatic rings. The molecule has 1 aliphatic heterocycles. The Kier molecular flexibility index (Phi) is 3.79. The zero-order valence-electron chi connectivity index (χ0n) is 10.3. The fraction of sp³-hybridized carbons (Fsp3) is 0.667. The van der Waals surface area contributed by atoms with Crippen molar-refractivity contribution in [2.75, 3.05) is 19.6 Å². The Labute approximate surface area is 108 Å². The van der Waals surface area contributed by atoms with E-state index in [-0.39, 0.29) is 5.41 Å². The van der Waals surface area contributed by atoms with Gasteiger partial charge in [-0.15, -0.1) is 0 Å². The standard InChI is InChI=1S/C12H20N4S/c1-12(11(13)17)3-7-15(8-4-12)9-10-16-6-2-5-14-16/h2,5-6H,3-4,7-10H2,1H3,(H2,13,17). The first-order valence-electron chi connectivity index (χ1n) is 6.10. The van der Waals surface area contributed by atoms with Crippen LogP contribution in [-0.4, -0.2) is 39.3 Å². The number of nitrogens with two attached hydrogens (primary N) is 1. The third kappa shape index (κ3) is 3.04. The van der Waals surface area contributed by atoms with Gasteiger partial charge in [-0.05, 0) is 32.0 Å². The molecule has 1 saturated heterocycles. The first kappa shape index (κ1) is 12.5. The second-order valence-corrected chi connectivity index (χ2v) is 5.48. The first-order chi connectivity index (χ1) is 8.10. The fourth-order valence-electron chi connectivity index (χ4n) is 2.19. The third-order valence-corrected chi connectivity index (χ3v) is 4.25. The Balaban J connectivity index is 1.78. The lowest BCUT2D eigenvalue weighted by Crippen LogP contribution is -2.45. The van der Waals surface area contributed by atoms with E-state index >= 15 is 0 Å². The van der Waals surface area contributed by atoms with Gasteiger partial charge in [0, 0.05) is 24.4 Å². The predicted molar refractivity (Wildman–Crippen MR) is 72.8 cm³/mol. The maximum Gasteiger partial charge on any atom is 0.0788 e. The second-order valence-electron chi connectivity index (χ2n) is 5.04. The second kappa shape index (κ2) is 5.14. The van der Waals surface area contributed by atoms with Gasteiger partial charge in [-0.3, -0.25) is 4.68 Å². The number of hydrogen-bond donors (Lipinski definition) is 1. The maximum absolute atomic E-state index is 5.80. The van der Waals surface area contributed by atoms with Crippen LogP contribution >= 0.6 is 12.2 Å². The average molecular weight is 252 g/mol. The van der Waals surface area contributed by atoms with Crippen molar-refractivity contribution in [1.82, 2.24) is 14.7 Å². The Morgan fingerprint density at radius 3 is 2.65 bits per heavy atom. The van der Waals surface area contributed by atoms with Crippen molar-refractivity contribution in [2.24, 2.45) is 11.1 Å². The molecule has 94 valence electrons. The van der Waals surface area contributed by atoms with E-state index in [1.165, 1.54) is 0 Å². The number of hydrogen-bond acceptors (Lipinski definition) is 3. The summed E-state index contributed by atoms with van der Waals surface area (Å²) in [5, 5.41) is 4.21. The maximum atomic E-state index is 5.80. The van der Waals surface area contributed by atoms with Crippen LogP contribution < -0.4 is 5.73 Å². The topological polar surface area (TPSA) is 47.1 Å². The van der Waals surface area contributed by atoms with Crippen molar-refractivity contribution in [3.8, 4) is 0 Å². The van der Waals surface area contributed by atoms with Crippen LogP contribution in [0.15, 0.2) is 18.5 Å². The van der Waals surface area contributed by atoms with E-state index in [2.05, 4.69) is 16.9 Å². The summed E-state index contributed by atoms with van der Waals surface area (Å²) in [5.41, 5.74) is 5.86. The zero-order chi connectivity index (χ0) is 12.3. The molecule has 0 bridgehead atoms. The molecular formula is C12H20N4S. The largest absolute Gasteiger partial charge is 0.393 e. The zero-order valence-corrected chi connectivity index (χ0v) is 11.1. The Bertz CT molecular complexity index is 366. The Morgan fingerprint density at radius 2 is 2.12 bits per heavy atom. The molecule has 2 heterocycles. The summed E-state index contributed by atoms with van der Waals surface area (Å²) >= 11 is 5.14. The van der Waals surface area contributed by atoms with E-state index in [1.807, 2.05) is 23.1 Å². The minimum absolute atomic E-state index is 0.0670. The van der Waals surface area contributed by atoms with Crippen LogP contribution in [-0.2, 0) is 6.54 Å². The molecule has 1 aromatic heterocycles. The quantitative estimate of drug-likeness (QED) is 0.820. The predicted octanol–water partition coefficient (Wildman–Crippen LogP) is 1.27. The van der Waals surface area contributed by atoms with E-state index in [9.17, 15) is 0 Å². The SMILES string of the molecule is CC1(C(N)=S)CCN(CCn2cccn2)CC1. The molecule has 1 aromatic rings. The van der Waals surface area contributed by atoms with Crippen LogP contribution in [0.25, 0.3) is 0 Å². The van der Waals surface area contributed by atoms with Crippen LogP contribution in [0, 0.1) is 5.41 Å². The van der Waals surface area contributed by atoms with Gasteiger partial charge in [0.2, 0.25) is 0 Å². The molecule has 17 heavy (non-hydrogen) atoms. The van der Waals surface area contributed by atoms with Crippen LogP contribution in [0.1, 0.15) is 19.8 Å². The number of nitrogens with zero attached hydrogens (tertiary/aromatic N) is 3. The van der Waals surface area contributed by atoms with Gasteiger partial charge in [0.1, 0.15) is 0 Å². The summed E-state index contributed by atoms with van der Waals surface area (Å²) in [4.78, 5) is 3.13. The van der Waals surface area contributed by atoms with Crippen LogP contribution in [0.3, 0.4) is 0 Å². The monoisotopic (exact) mass is 252 g/mol. The van der Waals surface area contributed by atoms with E-state index in [1.54, 1.807) is 0 Å². The molecule has 0 atom stereocenters. The third-order valence-electron chi connectivity index (χ3n) is 3.76. The van der Waals surface area contributed by atoms with Gasteiger partial charge < -0.3 is 10.6 Å². The Hall–Kier alpha value is -0.940. The van der Waals surface area contributed by atoms with E-state index in [0.29, 0.717) is 4.99 Å². The number of likely N-dealkylation sites (tertiary alicyclic amines) is 1. The van der Waals surface area contributed by atoms with Gasteiger partial charge in [-0.25, -0.2) is 0 Å². The van der Waals surface area contributed by atoms with Crippen molar-refractivity contribution in [3.63, 3.8) is 0 Å². The van der Waals surface area contributed by atoms with Gasteiger partial charge in [-0.1, -0.05) is 19.1 Å². The van der Waals surface area contributed by atoms with E-state index in [4.69, 9.17) is 18.0 Å². The molecule has 1 fully saturated rings. The van der Waals surface area contributed by atoms with Gasteiger partial charge in [0.15, 0.2) is 0 Å². The van der Waals surface area contributed by atoms with E-state index < -0.39 is 0 Å². The summed E-state index contributed by atoms with van der Waals surface area (Å²) in [6.07, 6.45) is 5.96. The van der Waals surface area contributed by atoms with Gasteiger partial charge >= 0.3 is 0 Å². The summed E-state index contributed by atoms with van der Waals surface area (Å²) in [6, 6.07) is 1.96. The Morgan fingerprint density at radius 1 is 1.41 bits per heavy atom. The minimum atomic E-state index is 0.0670. The van der Waals surface area contributed by atoms with Crippen LogP contribution in [0.2, 0.25) is 0 Å². The highest BCUT2D eigenvalue weighted by Crippen LogP contribution is 2.30.